The molecule has 5 aromatic rings. The molecule has 0 unspecified atom stereocenters. The summed E-state index contributed by atoms with van der Waals surface area (Å²) >= 11 is 0. The first-order chi connectivity index (χ1) is 14.3. The Balaban J connectivity index is 1.53. The van der Waals surface area contributed by atoms with Crippen LogP contribution < -0.4 is 0 Å². The zero-order chi connectivity index (χ0) is 19.6. The first kappa shape index (κ1) is 17.1. The van der Waals surface area contributed by atoms with Crippen LogP contribution in [0.25, 0.3) is 34.1 Å². The first-order valence-electron chi connectivity index (χ1n) is 9.21. The van der Waals surface area contributed by atoms with E-state index in [0.29, 0.717) is 11.7 Å². The molecule has 0 saturated heterocycles. The number of hydrogen-bond acceptors (Lipinski definition) is 6. The van der Waals surface area contributed by atoms with Crippen LogP contribution in [0.3, 0.4) is 0 Å². The van der Waals surface area contributed by atoms with Crippen LogP contribution in [0, 0.1) is 0 Å². The van der Waals surface area contributed by atoms with Crippen LogP contribution in [-0.4, -0.2) is 24.7 Å². The summed E-state index contributed by atoms with van der Waals surface area (Å²) in [5.74, 6) is 2.60. The van der Waals surface area contributed by atoms with E-state index >= 15 is 0 Å². The maximum absolute atomic E-state index is 5.61. The maximum atomic E-state index is 5.61. The molecule has 0 spiro atoms. The standard InChI is InChI=1S/C22H17N5O2/c1-15(22-25-20(26-29-22)16-6-4-10-23-14-16)27-12-11-24-21(27)18-8-3-2-7-17(18)19-9-5-13-28-19/h2-15H,1H3/t15-/m1/s1. The lowest BCUT2D eigenvalue weighted by atomic mass is 10.0. The highest BCUT2D eigenvalue weighted by Crippen LogP contribution is 2.33. The van der Waals surface area contributed by atoms with Crippen LogP contribution in [0.5, 0.6) is 0 Å². The summed E-state index contributed by atoms with van der Waals surface area (Å²) in [6, 6.07) is 15.4. The predicted octanol–water partition coefficient (Wildman–Crippen LogP) is 4.86. The molecule has 4 heterocycles. The fourth-order valence-corrected chi connectivity index (χ4v) is 3.30. The van der Waals surface area contributed by atoms with Crippen molar-refractivity contribution in [3.05, 3.63) is 85.5 Å². The van der Waals surface area contributed by atoms with Crippen molar-refractivity contribution in [2.45, 2.75) is 13.0 Å². The second-order valence-corrected chi connectivity index (χ2v) is 6.55. The van der Waals surface area contributed by atoms with Gasteiger partial charge < -0.3 is 13.5 Å². The minimum Gasteiger partial charge on any atom is -0.464 e. The quantitative estimate of drug-likeness (QED) is 0.431. The Hall–Kier alpha value is -4.00. The number of hydrogen-bond donors (Lipinski definition) is 0. The molecule has 0 N–H and O–H groups in total. The fraction of sp³-hybridized carbons (Fsp3) is 0.0909. The third-order valence-electron chi connectivity index (χ3n) is 4.76. The van der Waals surface area contributed by atoms with E-state index in [9.17, 15) is 0 Å². The molecule has 1 aromatic carbocycles. The van der Waals surface area contributed by atoms with Crippen LogP contribution in [0.2, 0.25) is 0 Å². The van der Waals surface area contributed by atoms with Gasteiger partial charge in [-0.25, -0.2) is 4.98 Å². The summed E-state index contributed by atoms with van der Waals surface area (Å²) in [4.78, 5) is 13.3. The molecule has 7 heteroatoms. The number of furan rings is 1. The molecule has 0 amide bonds. The smallest absolute Gasteiger partial charge is 0.249 e. The van der Waals surface area contributed by atoms with Crippen LogP contribution in [-0.2, 0) is 0 Å². The zero-order valence-corrected chi connectivity index (χ0v) is 15.6. The molecule has 0 aliphatic heterocycles. The normalized spacial score (nSPS) is 12.2. The number of nitrogens with zero attached hydrogens (tertiary/aromatic N) is 5. The highest BCUT2D eigenvalue weighted by molar-refractivity contribution is 5.78. The van der Waals surface area contributed by atoms with E-state index in [-0.39, 0.29) is 6.04 Å². The lowest BCUT2D eigenvalue weighted by molar-refractivity contribution is 0.346. The molecule has 0 aliphatic rings. The van der Waals surface area contributed by atoms with Gasteiger partial charge in [0.05, 0.1) is 6.26 Å². The summed E-state index contributed by atoms with van der Waals surface area (Å²) in [7, 11) is 0. The Bertz CT molecular complexity index is 1230. The summed E-state index contributed by atoms with van der Waals surface area (Å²) in [5, 5.41) is 4.10. The largest absolute Gasteiger partial charge is 0.464 e. The molecule has 1 atom stereocenters. The van der Waals surface area contributed by atoms with Gasteiger partial charge in [-0.15, -0.1) is 0 Å². The van der Waals surface area contributed by atoms with Crippen molar-refractivity contribution >= 4 is 0 Å². The Kier molecular flexibility index (Phi) is 4.25. The number of benzene rings is 1. The third kappa shape index (κ3) is 3.12. The minimum absolute atomic E-state index is 0.199. The van der Waals surface area contributed by atoms with Gasteiger partial charge in [-0.2, -0.15) is 4.98 Å². The molecular formula is C22H17N5O2. The van der Waals surface area contributed by atoms with Crippen molar-refractivity contribution in [1.82, 2.24) is 24.7 Å². The molecule has 0 aliphatic carbocycles. The monoisotopic (exact) mass is 383 g/mol. The van der Waals surface area contributed by atoms with E-state index in [1.54, 1.807) is 24.9 Å². The van der Waals surface area contributed by atoms with Crippen LogP contribution in [0.1, 0.15) is 18.9 Å². The maximum Gasteiger partial charge on any atom is 0.249 e. The molecule has 0 bridgehead atoms. The van der Waals surface area contributed by atoms with Crippen molar-refractivity contribution in [3.63, 3.8) is 0 Å². The molecule has 0 fully saturated rings. The first-order valence-corrected chi connectivity index (χ1v) is 9.21. The molecule has 7 nitrogen and oxygen atoms in total. The van der Waals surface area contributed by atoms with Gasteiger partial charge in [0, 0.05) is 41.5 Å². The number of aromatic nitrogens is 5. The molecule has 142 valence electrons. The van der Waals surface area contributed by atoms with Crippen molar-refractivity contribution in [1.29, 1.82) is 0 Å². The van der Waals surface area contributed by atoms with E-state index in [1.807, 2.05) is 66.2 Å². The summed E-state index contributed by atoms with van der Waals surface area (Å²) < 4.78 is 13.2. The lowest BCUT2D eigenvalue weighted by Gasteiger charge is -2.14. The molecule has 0 saturated carbocycles. The van der Waals surface area contributed by atoms with Gasteiger partial charge in [0.15, 0.2) is 0 Å². The number of imidazole rings is 1. The van der Waals surface area contributed by atoms with E-state index in [2.05, 4.69) is 20.1 Å². The molecule has 0 radical (unpaired) electrons. The molecular weight excluding hydrogens is 366 g/mol. The van der Waals surface area contributed by atoms with Crippen molar-refractivity contribution in [2.24, 2.45) is 0 Å². The Morgan fingerprint density at radius 1 is 0.966 bits per heavy atom. The lowest BCUT2D eigenvalue weighted by Crippen LogP contribution is -2.08. The van der Waals surface area contributed by atoms with Gasteiger partial charge in [0.2, 0.25) is 11.7 Å². The molecule has 29 heavy (non-hydrogen) atoms. The second-order valence-electron chi connectivity index (χ2n) is 6.55. The van der Waals surface area contributed by atoms with Crippen LogP contribution >= 0.6 is 0 Å². The predicted molar refractivity (Wildman–Crippen MR) is 107 cm³/mol. The zero-order valence-electron chi connectivity index (χ0n) is 15.6. The van der Waals surface area contributed by atoms with Crippen molar-refractivity contribution < 1.29 is 8.94 Å². The van der Waals surface area contributed by atoms with Crippen LogP contribution in [0.4, 0.5) is 0 Å². The highest BCUT2D eigenvalue weighted by atomic mass is 16.5. The van der Waals surface area contributed by atoms with Crippen molar-refractivity contribution in [3.8, 4) is 34.1 Å². The highest BCUT2D eigenvalue weighted by Gasteiger charge is 2.21. The van der Waals surface area contributed by atoms with Gasteiger partial charge in [-0.3, -0.25) is 4.98 Å². The summed E-state index contributed by atoms with van der Waals surface area (Å²) in [6.45, 7) is 2.00. The minimum atomic E-state index is -0.199. The van der Waals surface area contributed by atoms with Crippen molar-refractivity contribution in [2.75, 3.05) is 0 Å². The van der Waals surface area contributed by atoms with Gasteiger partial charge in [-0.05, 0) is 31.2 Å². The van der Waals surface area contributed by atoms with E-state index in [1.165, 1.54) is 0 Å². The van der Waals surface area contributed by atoms with Crippen LogP contribution in [0.15, 0.2) is 88.5 Å². The SMILES string of the molecule is C[C@H](c1nc(-c2cccnc2)no1)n1ccnc1-c1ccccc1-c1ccco1. The summed E-state index contributed by atoms with van der Waals surface area (Å²) in [5.41, 5.74) is 2.74. The Morgan fingerprint density at radius 2 is 1.86 bits per heavy atom. The third-order valence-corrected chi connectivity index (χ3v) is 4.76. The topological polar surface area (TPSA) is 82.8 Å². The van der Waals surface area contributed by atoms with E-state index in [0.717, 1.165) is 28.3 Å². The summed E-state index contributed by atoms with van der Waals surface area (Å²) in [6.07, 6.45) is 8.76. The Morgan fingerprint density at radius 3 is 2.66 bits per heavy atom. The average molecular weight is 383 g/mol. The number of rotatable bonds is 5. The van der Waals surface area contributed by atoms with Gasteiger partial charge in [-0.1, -0.05) is 29.4 Å². The second kappa shape index (κ2) is 7.20. The van der Waals surface area contributed by atoms with E-state index in [4.69, 9.17) is 8.94 Å². The fourth-order valence-electron chi connectivity index (χ4n) is 3.30. The molecule has 4 aromatic heterocycles. The number of pyridine rings is 1. The van der Waals surface area contributed by atoms with Gasteiger partial charge in [0.1, 0.15) is 17.6 Å². The van der Waals surface area contributed by atoms with E-state index < -0.39 is 0 Å². The average Bonchev–Trinajstić information content (AvgIpc) is 3.55. The van der Waals surface area contributed by atoms with Gasteiger partial charge >= 0.3 is 0 Å². The molecule has 5 rings (SSSR count). The van der Waals surface area contributed by atoms with Gasteiger partial charge in [0.25, 0.3) is 0 Å². The Labute approximate surface area is 166 Å².